The molecule has 0 aliphatic heterocycles. The lowest BCUT2D eigenvalue weighted by Crippen LogP contribution is -1.98. The summed E-state index contributed by atoms with van der Waals surface area (Å²) in [5.74, 6) is 0.796. The van der Waals surface area contributed by atoms with Gasteiger partial charge in [0.05, 0.1) is 0 Å². The number of ether oxygens (including phenoxy) is 1. The molecule has 0 unspecified atom stereocenters. The molecule has 3 aromatic rings. The predicted octanol–water partition coefficient (Wildman–Crippen LogP) is 4.65. The van der Waals surface area contributed by atoms with Gasteiger partial charge in [0.2, 0.25) is 0 Å². The number of hydrogen-bond acceptors (Lipinski definition) is 4. The van der Waals surface area contributed by atoms with Crippen LogP contribution >= 0.6 is 27.3 Å². The topological polar surface area (TPSA) is 35.0 Å². The highest BCUT2D eigenvalue weighted by atomic mass is 79.9. The molecule has 0 bridgehead atoms. The van der Waals surface area contributed by atoms with Gasteiger partial charge in [-0.1, -0.05) is 15.9 Å². The number of pyridine rings is 1. The summed E-state index contributed by atoms with van der Waals surface area (Å²) < 4.78 is 6.93. The second-order valence-electron chi connectivity index (χ2n) is 4.56. The number of benzene rings is 1. The number of thiazole rings is 1. The van der Waals surface area contributed by atoms with Crippen molar-refractivity contribution in [2.75, 3.05) is 0 Å². The van der Waals surface area contributed by atoms with Crippen LogP contribution in [0.25, 0.3) is 10.9 Å². The Morgan fingerprint density at radius 2 is 2.15 bits per heavy atom. The van der Waals surface area contributed by atoms with Crippen molar-refractivity contribution >= 4 is 38.2 Å². The molecule has 0 saturated carbocycles. The summed E-state index contributed by atoms with van der Waals surface area (Å²) in [6.07, 6.45) is 1.79. The van der Waals surface area contributed by atoms with Gasteiger partial charge >= 0.3 is 0 Å². The highest BCUT2D eigenvalue weighted by Crippen LogP contribution is 2.33. The average Bonchev–Trinajstić information content (AvgIpc) is 2.90. The van der Waals surface area contributed by atoms with E-state index in [9.17, 15) is 0 Å². The van der Waals surface area contributed by atoms with E-state index in [2.05, 4.69) is 38.9 Å². The van der Waals surface area contributed by atoms with Crippen molar-refractivity contribution in [2.45, 2.75) is 20.5 Å². The van der Waals surface area contributed by atoms with Crippen LogP contribution < -0.4 is 4.74 Å². The van der Waals surface area contributed by atoms with Gasteiger partial charge in [0.15, 0.2) is 0 Å². The van der Waals surface area contributed by atoms with E-state index in [1.165, 1.54) is 5.56 Å². The minimum absolute atomic E-state index is 0.475. The minimum atomic E-state index is 0.475. The predicted molar refractivity (Wildman–Crippen MR) is 85.4 cm³/mol. The molecule has 0 saturated heterocycles. The minimum Gasteiger partial charge on any atom is -0.484 e. The van der Waals surface area contributed by atoms with E-state index in [4.69, 9.17) is 4.74 Å². The standard InChI is InChI=1S/C15H13BrN2OS/c1-9-7-10(2)18-15-12(4-3-11(16)14(9)15)19-8-13-17-5-6-20-13/h3-7H,8H2,1-2H3. The van der Waals surface area contributed by atoms with Crippen LogP contribution in [0.5, 0.6) is 5.75 Å². The quantitative estimate of drug-likeness (QED) is 0.690. The van der Waals surface area contributed by atoms with Gasteiger partial charge in [-0.15, -0.1) is 11.3 Å². The van der Waals surface area contributed by atoms with E-state index in [0.29, 0.717) is 6.61 Å². The van der Waals surface area contributed by atoms with E-state index in [1.54, 1.807) is 17.5 Å². The maximum atomic E-state index is 5.89. The van der Waals surface area contributed by atoms with E-state index in [1.807, 2.05) is 24.4 Å². The van der Waals surface area contributed by atoms with E-state index >= 15 is 0 Å². The third-order valence-corrected chi connectivity index (χ3v) is 4.45. The highest BCUT2D eigenvalue weighted by Gasteiger charge is 2.11. The molecule has 0 spiro atoms. The molecular formula is C15H13BrN2OS. The molecule has 0 amide bonds. The number of halogens is 1. The number of hydrogen-bond donors (Lipinski definition) is 0. The highest BCUT2D eigenvalue weighted by molar-refractivity contribution is 9.10. The number of rotatable bonds is 3. The first-order valence-corrected chi connectivity index (χ1v) is 7.90. The molecular weight excluding hydrogens is 336 g/mol. The van der Waals surface area contributed by atoms with Crippen LogP contribution in [0, 0.1) is 13.8 Å². The Labute approximate surface area is 129 Å². The van der Waals surface area contributed by atoms with Gasteiger partial charge in [0.25, 0.3) is 0 Å². The summed E-state index contributed by atoms with van der Waals surface area (Å²) in [5, 5.41) is 4.02. The van der Waals surface area contributed by atoms with Crippen molar-refractivity contribution in [1.29, 1.82) is 0 Å². The van der Waals surface area contributed by atoms with E-state index in [-0.39, 0.29) is 0 Å². The first kappa shape index (κ1) is 13.5. The van der Waals surface area contributed by atoms with E-state index < -0.39 is 0 Å². The lowest BCUT2D eigenvalue weighted by molar-refractivity contribution is 0.308. The Morgan fingerprint density at radius 1 is 1.30 bits per heavy atom. The third-order valence-electron chi connectivity index (χ3n) is 3.03. The molecule has 1 aromatic carbocycles. The van der Waals surface area contributed by atoms with Gasteiger partial charge < -0.3 is 4.74 Å². The van der Waals surface area contributed by atoms with Gasteiger partial charge in [0.1, 0.15) is 22.9 Å². The largest absolute Gasteiger partial charge is 0.484 e. The van der Waals surface area contributed by atoms with Gasteiger partial charge in [0, 0.05) is 27.1 Å². The third kappa shape index (κ3) is 2.55. The van der Waals surface area contributed by atoms with Crippen molar-refractivity contribution in [3.8, 4) is 5.75 Å². The molecule has 0 radical (unpaired) electrons. The zero-order valence-corrected chi connectivity index (χ0v) is 13.6. The molecule has 3 rings (SSSR count). The number of aromatic nitrogens is 2. The zero-order chi connectivity index (χ0) is 14.1. The second-order valence-corrected chi connectivity index (χ2v) is 6.40. The molecule has 20 heavy (non-hydrogen) atoms. The van der Waals surface area contributed by atoms with Gasteiger partial charge in [-0.05, 0) is 37.6 Å². The summed E-state index contributed by atoms with van der Waals surface area (Å²) in [5.41, 5.74) is 3.08. The van der Waals surface area contributed by atoms with Crippen molar-refractivity contribution in [3.05, 3.63) is 50.5 Å². The molecule has 2 heterocycles. The van der Waals surface area contributed by atoms with Gasteiger partial charge in [-0.2, -0.15) is 0 Å². The first-order valence-electron chi connectivity index (χ1n) is 6.23. The van der Waals surface area contributed by atoms with Crippen LogP contribution in [0.4, 0.5) is 0 Å². The fourth-order valence-electron chi connectivity index (χ4n) is 2.21. The molecule has 5 heteroatoms. The van der Waals surface area contributed by atoms with Gasteiger partial charge in [-0.3, -0.25) is 0 Å². The van der Waals surface area contributed by atoms with Crippen LogP contribution in [-0.2, 0) is 6.61 Å². The molecule has 0 aliphatic carbocycles. The summed E-state index contributed by atoms with van der Waals surface area (Å²) in [6.45, 7) is 4.56. The van der Waals surface area contributed by atoms with Crippen LogP contribution in [0.15, 0.2) is 34.2 Å². The van der Waals surface area contributed by atoms with Crippen LogP contribution in [0.2, 0.25) is 0 Å². The first-order chi connectivity index (χ1) is 9.65. The number of nitrogens with zero attached hydrogens (tertiary/aromatic N) is 2. The van der Waals surface area contributed by atoms with Crippen LogP contribution in [0.1, 0.15) is 16.3 Å². The summed E-state index contributed by atoms with van der Waals surface area (Å²) >= 11 is 5.18. The second kappa shape index (κ2) is 5.50. The molecule has 0 N–H and O–H groups in total. The monoisotopic (exact) mass is 348 g/mol. The van der Waals surface area contributed by atoms with Crippen molar-refractivity contribution in [1.82, 2.24) is 9.97 Å². The van der Waals surface area contributed by atoms with Crippen molar-refractivity contribution in [2.24, 2.45) is 0 Å². The van der Waals surface area contributed by atoms with Crippen LogP contribution in [-0.4, -0.2) is 9.97 Å². The SMILES string of the molecule is Cc1cc(C)c2c(Br)ccc(OCc3nccs3)c2n1. The Hall–Kier alpha value is -1.46. The molecule has 102 valence electrons. The molecule has 0 atom stereocenters. The lowest BCUT2D eigenvalue weighted by atomic mass is 10.1. The zero-order valence-electron chi connectivity index (χ0n) is 11.2. The number of fused-ring (bicyclic) bond motifs is 1. The smallest absolute Gasteiger partial charge is 0.146 e. The molecule has 0 fully saturated rings. The van der Waals surface area contributed by atoms with Crippen LogP contribution in [0.3, 0.4) is 0 Å². The molecule has 3 nitrogen and oxygen atoms in total. The van der Waals surface area contributed by atoms with Crippen molar-refractivity contribution in [3.63, 3.8) is 0 Å². The molecule has 0 aliphatic rings. The number of aryl methyl sites for hydroxylation is 2. The van der Waals surface area contributed by atoms with Crippen molar-refractivity contribution < 1.29 is 4.74 Å². The maximum absolute atomic E-state index is 5.89. The Kier molecular flexibility index (Phi) is 3.72. The normalized spacial score (nSPS) is 10.9. The lowest BCUT2D eigenvalue weighted by Gasteiger charge is -2.11. The van der Waals surface area contributed by atoms with E-state index in [0.717, 1.165) is 31.8 Å². The maximum Gasteiger partial charge on any atom is 0.146 e. The average molecular weight is 349 g/mol. The van der Waals surface area contributed by atoms with Gasteiger partial charge in [-0.25, -0.2) is 9.97 Å². The summed E-state index contributed by atoms with van der Waals surface area (Å²) in [6, 6.07) is 6.03. The summed E-state index contributed by atoms with van der Waals surface area (Å²) in [7, 11) is 0. The Balaban J connectivity index is 2.04. The Morgan fingerprint density at radius 3 is 2.90 bits per heavy atom. The molecule has 2 aromatic heterocycles. The fraction of sp³-hybridized carbons (Fsp3) is 0.200. The Bertz CT molecular complexity index is 756. The summed E-state index contributed by atoms with van der Waals surface area (Å²) in [4.78, 5) is 8.85. The fourth-order valence-corrected chi connectivity index (χ4v) is 3.37.